The molecule has 1 atom stereocenters. The van der Waals surface area contributed by atoms with Crippen molar-refractivity contribution < 1.29 is 13.9 Å². The zero-order valence-corrected chi connectivity index (χ0v) is 11.2. The summed E-state index contributed by atoms with van der Waals surface area (Å²) in [4.78, 5) is 22.2. The largest absolute Gasteiger partial charge is 0.419 e. The molecule has 7 heteroatoms. The Morgan fingerprint density at radius 3 is 2.90 bits per heavy atom. The molecule has 0 spiro atoms. The van der Waals surface area contributed by atoms with Gasteiger partial charge in [-0.25, -0.2) is 4.79 Å². The maximum absolute atomic E-state index is 11.6. The monoisotopic (exact) mass is 279 g/mol. The molecule has 0 aliphatic rings. The van der Waals surface area contributed by atoms with Crippen LogP contribution in [0, 0.1) is 0 Å². The van der Waals surface area contributed by atoms with Gasteiger partial charge in [-0.1, -0.05) is 6.07 Å². The second-order valence-electron chi connectivity index (χ2n) is 4.43. The Morgan fingerprint density at radius 1 is 1.50 bits per heavy atom. The van der Waals surface area contributed by atoms with Gasteiger partial charge in [-0.2, -0.15) is 0 Å². The lowest BCUT2D eigenvalue weighted by molar-refractivity contribution is -0.122. The number of hydrogen-bond acceptors (Lipinski definition) is 5. The lowest BCUT2D eigenvalue weighted by Crippen LogP contribution is -2.23. The van der Waals surface area contributed by atoms with Gasteiger partial charge in [0.2, 0.25) is 5.91 Å². The van der Waals surface area contributed by atoms with E-state index in [1.165, 1.54) is 4.57 Å². The zero-order valence-electron chi connectivity index (χ0n) is 11.2. The van der Waals surface area contributed by atoms with Gasteiger partial charge in [-0.3, -0.25) is 9.36 Å². The first-order valence-electron chi connectivity index (χ1n) is 6.27. The lowest BCUT2D eigenvalue weighted by Gasteiger charge is -2.11. The van der Waals surface area contributed by atoms with E-state index in [4.69, 9.17) is 20.6 Å². The number of aryl methyl sites for hydroxylation is 1. The highest BCUT2D eigenvalue weighted by Gasteiger charge is 2.12. The van der Waals surface area contributed by atoms with Gasteiger partial charge in [-0.15, -0.1) is 0 Å². The molecular weight excluding hydrogens is 262 g/mol. The number of benzene rings is 1. The number of nitrogens with zero attached hydrogens (tertiary/aromatic N) is 1. The van der Waals surface area contributed by atoms with Crippen LogP contribution in [0.3, 0.4) is 0 Å². The molecule has 1 aromatic heterocycles. The molecule has 1 heterocycles. The van der Waals surface area contributed by atoms with Gasteiger partial charge < -0.3 is 20.6 Å². The summed E-state index contributed by atoms with van der Waals surface area (Å²) >= 11 is 0. The number of nitrogens with two attached hydrogens (primary N) is 2. The van der Waals surface area contributed by atoms with Crippen molar-refractivity contribution in [2.24, 2.45) is 11.5 Å². The van der Waals surface area contributed by atoms with E-state index in [1.807, 2.05) is 13.0 Å². The van der Waals surface area contributed by atoms with Crippen molar-refractivity contribution in [2.75, 3.05) is 13.2 Å². The number of amides is 1. The first-order chi connectivity index (χ1) is 9.52. The van der Waals surface area contributed by atoms with Crippen molar-refractivity contribution in [1.29, 1.82) is 0 Å². The van der Waals surface area contributed by atoms with Crippen LogP contribution in [0.5, 0.6) is 0 Å². The van der Waals surface area contributed by atoms with Crippen LogP contribution in [0.25, 0.3) is 11.1 Å². The second-order valence-corrected chi connectivity index (χ2v) is 4.43. The molecule has 1 aromatic carbocycles. The van der Waals surface area contributed by atoms with E-state index in [-0.39, 0.29) is 13.2 Å². The number of oxazole rings is 1. The van der Waals surface area contributed by atoms with Gasteiger partial charge in [0.05, 0.1) is 18.2 Å². The van der Waals surface area contributed by atoms with Crippen molar-refractivity contribution in [1.82, 2.24) is 4.57 Å². The Balaban J connectivity index is 2.19. The molecule has 0 saturated heterocycles. The summed E-state index contributed by atoms with van der Waals surface area (Å²) in [5, 5.41) is 0. The zero-order chi connectivity index (χ0) is 14.7. The van der Waals surface area contributed by atoms with Crippen molar-refractivity contribution in [3.8, 4) is 0 Å². The number of aromatic nitrogens is 1. The molecule has 0 fully saturated rings. The maximum Gasteiger partial charge on any atom is 0.419 e. The van der Waals surface area contributed by atoms with Crippen LogP contribution in [-0.2, 0) is 16.1 Å². The Labute approximate surface area is 115 Å². The van der Waals surface area contributed by atoms with Gasteiger partial charge in [0.15, 0.2) is 5.58 Å². The van der Waals surface area contributed by atoms with E-state index >= 15 is 0 Å². The van der Waals surface area contributed by atoms with Gasteiger partial charge in [-0.05, 0) is 24.6 Å². The van der Waals surface area contributed by atoms with E-state index in [0.29, 0.717) is 12.1 Å². The maximum atomic E-state index is 11.6. The van der Waals surface area contributed by atoms with Crippen LogP contribution >= 0.6 is 0 Å². The predicted molar refractivity (Wildman–Crippen MR) is 73.1 cm³/mol. The van der Waals surface area contributed by atoms with E-state index in [1.54, 1.807) is 12.1 Å². The molecular formula is C13H17N3O4. The first kappa shape index (κ1) is 14.3. The third kappa shape index (κ3) is 2.89. The minimum Gasteiger partial charge on any atom is -0.408 e. The average Bonchev–Trinajstić information content (AvgIpc) is 2.72. The third-order valence-corrected chi connectivity index (χ3v) is 2.98. The minimum absolute atomic E-state index is 0.160. The smallest absolute Gasteiger partial charge is 0.408 e. The van der Waals surface area contributed by atoms with Crippen molar-refractivity contribution in [3.05, 3.63) is 34.3 Å². The normalized spacial score (nSPS) is 12.7. The fourth-order valence-electron chi connectivity index (χ4n) is 2.00. The number of ether oxygens (including phenoxy) is 1. The molecule has 108 valence electrons. The summed E-state index contributed by atoms with van der Waals surface area (Å²) in [6.07, 6.45) is 0. The van der Waals surface area contributed by atoms with Crippen LogP contribution in [0.4, 0.5) is 0 Å². The molecule has 7 nitrogen and oxygen atoms in total. The number of carbonyl (C=O) groups is 1. The number of carbonyl (C=O) groups excluding carboxylic acids is 1. The molecule has 20 heavy (non-hydrogen) atoms. The van der Waals surface area contributed by atoms with E-state index in [2.05, 4.69) is 0 Å². The molecule has 2 aromatic rings. The molecule has 0 bridgehead atoms. The fourth-order valence-corrected chi connectivity index (χ4v) is 2.00. The quantitative estimate of drug-likeness (QED) is 0.779. The number of hydrogen-bond donors (Lipinski definition) is 2. The van der Waals surface area contributed by atoms with Crippen molar-refractivity contribution in [2.45, 2.75) is 19.5 Å². The molecule has 0 aliphatic heterocycles. The summed E-state index contributed by atoms with van der Waals surface area (Å²) in [7, 11) is 0. The average molecular weight is 279 g/mol. The minimum atomic E-state index is -0.543. The van der Waals surface area contributed by atoms with Crippen LogP contribution in [-0.4, -0.2) is 23.7 Å². The van der Waals surface area contributed by atoms with Gasteiger partial charge in [0, 0.05) is 6.54 Å². The summed E-state index contributed by atoms with van der Waals surface area (Å²) in [6.45, 7) is 2.40. The van der Waals surface area contributed by atoms with Crippen LogP contribution < -0.4 is 17.2 Å². The van der Waals surface area contributed by atoms with Crippen molar-refractivity contribution >= 4 is 17.0 Å². The highest BCUT2D eigenvalue weighted by atomic mass is 16.5. The van der Waals surface area contributed by atoms with E-state index in [9.17, 15) is 9.59 Å². The topological polar surface area (TPSA) is 113 Å². The highest BCUT2D eigenvalue weighted by molar-refractivity contribution is 5.75. The highest BCUT2D eigenvalue weighted by Crippen LogP contribution is 2.19. The Hall–Kier alpha value is -2.12. The standard InChI is InChI=1S/C13H17N3O4/c1-2-16-10-4-3-8(5-11(10)20-13(16)18)9(14)6-19-7-12(15)17/h3-5,9H,2,6-7,14H2,1H3,(H2,15,17). The van der Waals surface area contributed by atoms with E-state index in [0.717, 1.165) is 11.1 Å². The van der Waals surface area contributed by atoms with Crippen LogP contribution in [0.15, 0.2) is 27.4 Å². The van der Waals surface area contributed by atoms with Gasteiger partial charge in [0.25, 0.3) is 0 Å². The summed E-state index contributed by atoms with van der Waals surface area (Å²) < 4.78 is 11.8. The van der Waals surface area contributed by atoms with Gasteiger partial charge >= 0.3 is 5.76 Å². The molecule has 4 N–H and O–H groups in total. The van der Waals surface area contributed by atoms with Crippen molar-refractivity contribution in [3.63, 3.8) is 0 Å². The number of rotatable bonds is 6. The number of primary amides is 1. The Kier molecular flexibility index (Phi) is 4.21. The molecule has 0 aliphatic carbocycles. The van der Waals surface area contributed by atoms with Crippen LogP contribution in [0.1, 0.15) is 18.5 Å². The lowest BCUT2D eigenvalue weighted by atomic mass is 10.1. The second kappa shape index (κ2) is 5.89. The third-order valence-electron chi connectivity index (χ3n) is 2.98. The molecule has 0 saturated carbocycles. The molecule has 1 unspecified atom stereocenters. The summed E-state index contributed by atoms with van der Waals surface area (Å²) in [5.41, 5.74) is 12.9. The first-order valence-corrected chi connectivity index (χ1v) is 6.27. The number of fused-ring (bicyclic) bond motifs is 1. The molecule has 0 radical (unpaired) electrons. The Bertz CT molecular complexity index is 674. The molecule has 2 rings (SSSR count). The summed E-state index contributed by atoms with van der Waals surface area (Å²) in [5.74, 6) is -0.933. The van der Waals surface area contributed by atoms with Crippen LogP contribution in [0.2, 0.25) is 0 Å². The van der Waals surface area contributed by atoms with Gasteiger partial charge in [0.1, 0.15) is 6.61 Å². The Morgan fingerprint density at radius 2 is 2.25 bits per heavy atom. The SMILES string of the molecule is CCn1c(=O)oc2cc(C(N)COCC(N)=O)ccc21. The summed E-state index contributed by atoms with van der Waals surface area (Å²) in [6, 6.07) is 4.88. The fraction of sp³-hybridized carbons (Fsp3) is 0.385. The predicted octanol–water partition coefficient (Wildman–Crippen LogP) is 0.116. The molecule has 1 amide bonds. The van der Waals surface area contributed by atoms with E-state index < -0.39 is 17.7 Å².